The van der Waals surface area contributed by atoms with E-state index in [0.29, 0.717) is 35.2 Å². The Morgan fingerprint density at radius 1 is 1.00 bits per heavy atom. The van der Waals surface area contributed by atoms with Crippen LogP contribution in [0.5, 0.6) is 11.5 Å². The Labute approximate surface area is 208 Å². The summed E-state index contributed by atoms with van der Waals surface area (Å²) < 4.78 is 16.2. The van der Waals surface area contributed by atoms with Crippen molar-refractivity contribution in [3.05, 3.63) is 66.1 Å². The Morgan fingerprint density at radius 3 is 2.43 bits per heavy atom. The highest BCUT2D eigenvalue weighted by molar-refractivity contribution is 5.61. The minimum absolute atomic E-state index is 0.533. The second-order valence-electron chi connectivity index (χ2n) is 9.62. The molecule has 0 radical (unpaired) electrons. The van der Waals surface area contributed by atoms with E-state index < -0.39 is 0 Å². The standard InChI is InChI=1S/C29H37N3O3/c1-32(2)25(17-12-21-8-6-5-7-9-21)23-14-10-22(11-15-23)13-19-28-30-29(31-35-28)24-16-18-26(33-3)27(20-24)34-4/h5-9,13,16,18-20,22-23,25H,10-12,14-15,17H2,1-4H3. The maximum absolute atomic E-state index is 5.48. The zero-order valence-electron chi connectivity index (χ0n) is 21.3. The molecule has 186 valence electrons. The fourth-order valence-corrected chi connectivity index (χ4v) is 5.21. The van der Waals surface area contributed by atoms with Crippen LogP contribution in [0, 0.1) is 11.8 Å². The second-order valence-corrected chi connectivity index (χ2v) is 9.62. The van der Waals surface area contributed by atoms with E-state index in [9.17, 15) is 0 Å². The van der Waals surface area contributed by atoms with E-state index in [-0.39, 0.29) is 0 Å². The van der Waals surface area contributed by atoms with Crippen LogP contribution < -0.4 is 9.47 Å². The lowest BCUT2D eigenvalue weighted by molar-refractivity contribution is 0.150. The van der Waals surface area contributed by atoms with Gasteiger partial charge in [0.15, 0.2) is 11.5 Å². The fourth-order valence-electron chi connectivity index (χ4n) is 5.21. The van der Waals surface area contributed by atoms with Crippen LogP contribution in [0.2, 0.25) is 0 Å². The predicted octanol–water partition coefficient (Wildman–Crippen LogP) is 6.14. The molecule has 1 aliphatic carbocycles. The molecule has 0 spiro atoms. The quantitative estimate of drug-likeness (QED) is 0.351. The van der Waals surface area contributed by atoms with Gasteiger partial charge in [-0.3, -0.25) is 0 Å². The van der Waals surface area contributed by atoms with Crippen LogP contribution in [0.15, 0.2) is 59.1 Å². The van der Waals surface area contributed by atoms with Crippen LogP contribution in [-0.2, 0) is 6.42 Å². The molecule has 1 atom stereocenters. The monoisotopic (exact) mass is 475 g/mol. The highest BCUT2D eigenvalue weighted by Crippen LogP contribution is 2.35. The average Bonchev–Trinajstić information content (AvgIpc) is 3.37. The normalized spacial score (nSPS) is 19.2. The predicted molar refractivity (Wildman–Crippen MR) is 140 cm³/mol. The summed E-state index contributed by atoms with van der Waals surface area (Å²) in [5, 5.41) is 4.14. The molecule has 0 saturated heterocycles. The molecular formula is C29H37N3O3. The van der Waals surface area contributed by atoms with Crippen molar-refractivity contribution in [1.29, 1.82) is 0 Å². The van der Waals surface area contributed by atoms with E-state index in [1.54, 1.807) is 14.2 Å². The summed E-state index contributed by atoms with van der Waals surface area (Å²) in [6, 6.07) is 17.1. The van der Waals surface area contributed by atoms with E-state index in [0.717, 1.165) is 17.9 Å². The van der Waals surface area contributed by atoms with Gasteiger partial charge >= 0.3 is 0 Å². The van der Waals surface area contributed by atoms with Crippen molar-refractivity contribution in [1.82, 2.24) is 15.0 Å². The van der Waals surface area contributed by atoms with Crippen molar-refractivity contribution in [2.75, 3.05) is 28.3 Å². The molecule has 1 fully saturated rings. The zero-order valence-corrected chi connectivity index (χ0v) is 21.3. The van der Waals surface area contributed by atoms with Gasteiger partial charge in [0.2, 0.25) is 5.82 Å². The minimum Gasteiger partial charge on any atom is -0.493 e. The Balaban J connectivity index is 1.31. The molecule has 0 amide bonds. The summed E-state index contributed by atoms with van der Waals surface area (Å²) in [6.45, 7) is 0. The van der Waals surface area contributed by atoms with Gasteiger partial charge in [-0.1, -0.05) is 41.6 Å². The van der Waals surface area contributed by atoms with E-state index in [4.69, 9.17) is 14.0 Å². The van der Waals surface area contributed by atoms with Crippen LogP contribution in [0.3, 0.4) is 0 Å². The summed E-state index contributed by atoms with van der Waals surface area (Å²) in [5.74, 6) is 3.70. The van der Waals surface area contributed by atoms with Crippen molar-refractivity contribution in [2.24, 2.45) is 11.8 Å². The lowest BCUT2D eigenvalue weighted by Crippen LogP contribution is -2.37. The van der Waals surface area contributed by atoms with Crippen molar-refractivity contribution in [3.63, 3.8) is 0 Å². The molecule has 6 heteroatoms. The van der Waals surface area contributed by atoms with Crippen molar-refractivity contribution >= 4 is 6.08 Å². The number of nitrogens with zero attached hydrogens (tertiary/aromatic N) is 3. The van der Waals surface area contributed by atoms with Crippen molar-refractivity contribution < 1.29 is 14.0 Å². The molecule has 35 heavy (non-hydrogen) atoms. The van der Waals surface area contributed by atoms with Crippen LogP contribution in [0.4, 0.5) is 0 Å². The molecule has 0 aliphatic heterocycles. The molecule has 3 aromatic rings. The zero-order chi connectivity index (χ0) is 24.6. The Kier molecular flexibility index (Phi) is 8.59. The second kappa shape index (κ2) is 12.0. The molecule has 2 aromatic carbocycles. The van der Waals surface area contributed by atoms with Crippen LogP contribution >= 0.6 is 0 Å². The van der Waals surface area contributed by atoms with Gasteiger partial charge < -0.3 is 18.9 Å². The lowest BCUT2D eigenvalue weighted by Gasteiger charge is -2.37. The van der Waals surface area contributed by atoms with E-state index in [1.807, 2.05) is 24.3 Å². The number of ether oxygens (including phenoxy) is 2. The first-order chi connectivity index (χ1) is 17.1. The third-order valence-electron chi connectivity index (χ3n) is 7.19. The molecule has 0 N–H and O–H groups in total. The Bertz CT molecular complexity index is 1090. The van der Waals surface area contributed by atoms with E-state index in [2.05, 4.69) is 65.5 Å². The number of benzene rings is 2. The fraction of sp³-hybridized carbons (Fsp3) is 0.448. The highest BCUT2D eigenvalue weighted by Gasteiger charge is 2.28. The van der Waals surface area contributed by atoms with Crippen molar-refractivity contribution in [2.45, 2.75) is 44.6 Å². The number of rotatable bonds is 10. The van der Waals surface area contributed by atoms with Crippen LogP contribution in [0.1, 0.15) is 43.6 Å². The highest BCUT2D eigenvalue weighted by atomic mass is 16.5. The van der Waals surface area contributed by atoms with Gasteiger partial charge in [-0.15, -0.1) is 0 Å². The Morgan fingerprint density at radius 2 is 1.74 bits per heavy atom. The number of hydrogen-bond acceptors (Lipinski definition) is 6. The van der Waals surface area contributed by atoms with Gasteiger partial charge in [0.1, 0.15) is 0 Å². The smallest absolute Gasteiger partial charge is 0.250 e. The maximum atomic E-state index is 5.48. The van der Waals surface area contributed by atoms with Crippen LogP contribution in [-0.4, -0.2) is 49.4 Å². The molecule has 1 saturated carbocycles. The van der Waals surface area contributed by atoms with E-state index in [1.165, 1.54) is 37.7 Å². The number of aryl methyl sites for hydroxylation is 1. The molecule has 6 nitrogen and oxygen atoms in total. The third kappa shape index (κ3) is 6.51. The van der Waals surface area contributed by atoms with E-state index >= 15 is 0 Å². The number of hydrogen-bond donors (Lipinski definition) is 0. The average molecular weight is 476 g/mol. The third-order valence-corrected chi connectivity index (χ3v) is 7.19. The summed E-state index contributed by atoms with van der Waals surface area (Å²) >= 11 is 0. The first-order valence-electron chi connectivity index (χ1n) is 12.5. The van der Waals surface area contributed by atoms with Gasteiger partial charge in [-0.25, -0.2) is 0 Å². The number of methoxy groups -OCH3 is 2. The van der Waals surface area contributed by atoms with Gasteiger partial charge in [0.05, 0.1) is 14.2 Å². The minimum atomic E-state index is 0.533. The van der Waals surface area contributed by atoms with Crippen LogP contribution in [0.25, 0.3) is 17.5 Å². The van der Waals surface area contributed by atoms with Gasteiger partial charge in [0, 0.05) is 11.6 Å². The van der Waals surface area contributed by atoms with Gasteiger partial charge in [0.25, 0.3) is 5.89 Å². The molecule has 1 aliphatic rings. The SMILES string of the molecule is COc1ccc(-c2noc(C=CC3CCC(C(CCc4ccccc4)N(C)C)CC3)n2)cc1OC. The summed E-state index contributed by atoms with van der Waals surface area (Å²) in [5.41, 5.74) is 2.26. The van der Waals surface area contributed by atoms with Crippen molar-refractivity contribution in [3.8, 4) is 22.9 Å². The molecule has 1 aromatic heterocycles. The molecule has 0 bridgehead atoms. The Hall–Kier alpha value is -3.12. The maximum Gasteiger partial charge on any atom is 0.250 e. The first kappa shape index (κ1) is 25.0. The lowest BCUT2D eigenvalue weighted by atomic mass is 9.76. The largest absolute Gasteiger partial charge is 0.493 e. The molecule has 4 rings (SSSR count). The number of allylic oxidation sites excluding steroid dienone is 1. The molecule has 1 heterocycles. The first-order valence-corrected chi connectivity index (χ1v) is 12.5. The molecule has 1 unspecified atom stereocenters. The topological polar surface area (TPSA) is 60.6 Å². The summed E-state index contributed by atoms with van der Waals surface area (Å²) in [4.78, 5) is 6.98. The number of aromatic nitrogens is 2. The van der Waals surface area contributed by atoms with Gasteiger partial charge in [-0.05, 0) is 94.3 Å². The summed E-state index contributed by atoms with van der Waals surface area (Å²) in [7, 11) is 7.69. The van der Waals surface area contributed by atoms with Gasteiger partial charge in [-0.2, -0.15) is 4.98 Å². The summed E-state index contributed by atoms with van der Waals surface area (Å²) in [6.07, 6.45) is 11.5. The molecular weight excluding hydrogens is 438 g/mol.